The lowest BCUT2D eigenvalue weighted by Gasteiger charge is -2.12. The van der Waals surface area contributed by atoms with Gasteiger partial charge in [-0.1, -0.05) is 37.1 Å². The molecule has 0 saturated carbocycles. The van der Waals surface area contributed by atoms with Crippen molar-refractivity contribution < 1.29 is 9.47 Å². The van der Waals surface area contributed by atoms with Crippen molar-refractivity contribution in [3.8, 4) is 22.8 Å². The van der Waals surface area contributed by atoms with Crippen LogP contribution in [0.4, 0.5) is 5.13 Å². The molecule has 0 saturated heterocycles. The normalized spacial score (nSPS) is 11.0. The average molecular weight is 430 g/mol. The Morgan fingerprint density at radius 2 is 1.93 bits per heavy atom. The van der Waals surface area contributed by atoms with Gasteiger partial charge >= 0.3 is 0 Å². The molecule has 5 nitrogen and oxygen atoms in total. The Morgan fingerprint density at radius 3 is 2.69 bits per heavy atom. The van der Waals surface area contributed by atoms with Crippen molar-refractivity contribution >= 4 is 34.3 Å². The highest BCUT2D eigenvalue weighted by Gasteiger charge is 2.06. The quantitative estimate of drug-likeness (QED) is 0.227. The first-order valence-electron chi connectivity index (χ1n) is 9.59. The third kappa shape index (κ3) is 6.21. The van der Waals surface area contributed by atoms with E-state index in [1.54, 1.807) is 6.21 Å². The second-order valence-electron chi connectivity index (χ2n) is 6.26. The van der Waals surface area contributed by atoms with Gasteiger partial charge < -0.3 is 9.47 Å². The van der Waals surface area contributed by atoms with Gasteiger partial charge in [-0.2, -0.15) is 5.10 Å². The minimum Gasteiger partial charge on any atom is -0.490 e. The molecule has 0 aliphatic carbocycles. The lowest BCUT2D eigenvalue weighted by molar-refractivity contribution is 0.272. The summed E-state index contributed by atoms with van der Waals surface area (Å²) in [6.07, 6.45) is 3.85. The molecule has 29 heavy (non-hydrogen) atoms. The minimum absolute atomic E-state index is 0.579. The molecular weight excluding hydrogens is 406 g/mol. The van der Waals surface area contributed by atoms with Gasteiger partial charge in [0, 0.05) is 16.0 Å². The van der Waals surface area contributed by atoms with E-state index < -0.39 is 0 Å². The van der Waals surface area contributed by atoms with Crippen molar-refractivity contribution in [2.24, 2.45) is 5.10 Å². The van der Waals surface area contributed by atoms with Crippen LogP contribution in [0.25, 0.3) is 11.3 Å². The molecular formula is C22H24ClN3O2S. The molecule has 7 heteroatoms. The highest BCUT2D eigenvalue weighted by Crippen LogP contribution is 2.29. The summed E-state index contributed by atoms with van der Waals surface area (Å²) < 4.78 is 11.5. The molecule has 0 atom stereocenters. The number of hydrogen-bond donors (Lipinski definition) is 1. The van der Waals surface area contributed by atoms with Gasteiger partial charge in [0.05, 0.1) is 25.1 Å². The van der Waals surface area contributed by atoms with E-state index in [4.69, 9.17) is 21.1 Å². The molecule has 1 aromatic heterocycles. The van der Waals surface area contributed by atoms with Crippen LogP contribution in [0, 0.1) is 0 Å². The number of benzene rings is 2. The van der Waals surface area contributed by atoms with E-state index in [1.807, 2.05) is 54.8 Å². The van der Waals surface area contributed by atoms with Gasteiger partial charge in [-0.05, 0) is 49.2 Å². The Hall–Kier alpha value is -2.57. The van der Waals surface area contributed by atoms with E-state index in [0.717, 1.165) is 46.3 Å². The predicted octanol–water partition coefficient (Wildman–Crippen LogP) is 6.49. The summed E-state index contributed by atoms with van der Waals surface area (Å²) in [5, 5.41) is 7.70. The van der Waals surface area contributed by atoms with Crippen LogP contribution in [0.15, 0.2) is 52.9 Å². The Balaban J connectivity index is 1.63. The second kappa shape index (κ2) is 10.8. The molecule has 152 valence electrons. The van der Waals surface area contributed by atoms with Crippen molar-refractivity contribution in [2.75, 3.05) is 18.6 Å². The number of hydrogen-bond acceptors (Lipinski definition) is 6. The Kier molecular flexibility index (Phi) is 7.90. The number of unbranched alkanes of at least 4 members (excludes halogenated alkanes) is 1. The molecule has 0 unspecified atom stereocenters. The zero-order valence-corrected chi connectivity index (χ0v) is 18.1. The minimum atomic E-state index is 0.579. The lowest BCUT2D eigenvalue weighted by Crippen LogP contribution is -2.01. The first-order chi connectivity index (χ1) is 14.2. The van der Waals surface area contributed by atoms with Crippen molar-refractivity contribution in [3.63, 3.8) is 0 Å². The molecule has 0 radical (unpaired) electrons. The Morgan fingerprint density at radius 1 is 1.10 bits per heavy atom. The van der Waals surface area contributed by atoms with Gasteiger partial charge in [-0.15, -0.1) is 11.3 Å². The van der Waals surface area contributed by atoms with Crippen LogP contribution in [-0.2, 0) is 0 Å². The van der Waals surface area contributed by atoms with E-state index in [0.29, 0.717) is 18.2 Å². The molecule has 0 fully saturated rings. The molecule has 0 spiro atoms. The molecule has 3 aromatic rings. The van der Waals surface area contributed by atoms with Gasteiger partial charge in [0.25, 0.3) is 0 Å². The first-order valence-corrected chi connectivity index (χ1v) is 10.9. The summed E-state index contributed by atoms with van der Waals surface area (Å²) in [6.45, 7) is 5.36. The van der Waals surface area contributed by atoms with Crippen molar-refractivity contribution in [1.29, 1.82) is 0 Å². The summed E-state index contributed by atoms with van der Waals surface area (Å²) in [5.74, 6) is 1.49. The SMILES string of the molecule is CCCCOc1ccc(/C=N\Nc2nc(-c3ccc(Cl)cc3)cs2)cc1OCC. The molecule has 0 amide bonds. The van der Waals surface area contributed by atoms with E-state index in [-0.39, 0.29) is 0 Å². The Bertz CT molecular complexity index is 941. The maximum Gasteiger partial charge on any atom is 0.203 e. The fourth-order valence-electron chi connectivity index (χ4n) is 2.56. The fraction of sp³-hybridized carbons (Fsp3) is 0.273. The maximum atomic E-state index is 5.94. The molecule has 0 aliphatic heterocycles. The lowest BCUT2D eigenvalue weighted by atomic mass is 10.2. The number of thiazole rings is 1. The summed E-state index contributed by atoms with van der Waals surface area (Å²) >= 11 is 7.43. The predicted molar refractivity (Wildman–Crippen MR) is 122 cm³/mol. The molecule has 0 aliphatic rings. The standard InChI is InChI=1S/C22H24ClN3O2S/c1-3-5-12-28-20-11-6-16(13-21(20)27-4-2)14-24-26-22-25-19(15-29-22)17-7-9-18(23)10-8-17/h6-11,13-15H,3-5,12H2,1-2H3,(H,25,26)/b24-14-. The first kappa shape index (κ1) is 21.1. The number of hydrazone groups is 1. The highest BCUT2D eigenvalue weighted by atomic mass is 35.5. The van der Waals surface area contributed by atoms with Crippen LogP contribution in [0.1, 0.15) is 32.3 Å². The van der Waals surface area contributed by atoms with Crippen LogP contribution in [0.3, 0.4) is 0 Å². The molecule has 2 aromatic carbocycles. The van der Waals surface area contributed by atoms with Crippen LogP contribution in [0.2, 0.25) is 5.02 Å². The van der Waals surface area contributed by atoms with Crippen molar-refractivity contribution in [2.45, 2.75) is 26.7 Å². The molecule has 1 N–H and O–H groups in total. The van der Waals surface area contributed by atoms with Gasteiger partial charge in [-0.3, -0.25) is 5.43 Å². The molecule has 3 rings (SSSR count). The third-order valence-electron chi connectivity index (χ3n) is 4.04. The average Bonchev–Trinajstić information content (AvgIpc) is 3.19. The number of halogens is 1. The van der Waals surface area contributed by atoms with E-state index in [9.17, 15) is 0 Å². The molecule has 0 bridgehead atoms. The van der Waals surface area contributed by atoms with Gasteiger partial charge in [0.1, 0.15) is 0 Å². The Labute approximate surface area is 180 Å². The number of ether oxygens (including phenoxy) is 2. The van der Waals surface area contributed by atoms with Gasteiger partial charge in [0.2, 0.25) is 5.13 Å². The van der Waals surface area contributed by atoms with Crippen LogP contribution in [-0.4, -0.2) is 24.4 Å². The molecule has 1 heterocycles. The maximum absolute atomic E-state index is 5.94. The number of nitrogens with zero attached hydrogens (tertiary/aromatic N) is 2. The van der Waals surface area contributed by atoms with Gasteiger partial charge in [0.15, 0.2) is 11.5 Å². The van der Waals surface area contributed by atoms with Crippen molar-refractivity contribution in [1.82, 2.24) is 4.98 Å². The summed E-state index contributed by atoms with van der Waals surface area (Å²) in [5.41, 5.74) is 5.80. The summed E-state index contributed by atoms with van der Waals surface area (Å²) in [4.78, 5) is 4.55. The zero-order chi connectivity index (χ0) is 20.5. The summed E-state index contributed by atoms with van der Waals surface area (Å²) in [6, 6.07) is 13.4. The second-order valence-corrected chi connectivity index (χ2v) is 7.55. The monoisotopic (exact) mass is 429 g/mol. The van der Waals surface area contributed by atoms with E-state index >= 15 is 0 Å². The van der Waals surface area contributed by atoms with Crippen LogP contribution < -0.4 is 14.9 Å². The number of aromatic nitrogens is 1. The van der Waals surface area contributed by atoms with E-state index in [1.165, 1.54) is 11.3 Å². The van der Waals surface area contributed by atoms with Crippen molar-refractivity contribution in [3.05, 3.63) is 58.4 Å². The summed E-state index contributed by atoms with van der Waals surface area (Å²) in [7, 11) is 0. The largest absolute Gasteiger partial charge is 0.490 e. The van der Waals surface area contributed by atoms with E-state index in [2.05, 4.69) is 22.4 Å². The number of rotatable bonds is 10. The van der Waals surface area contributed by atoms with Gasteiger partial charge in [-0.25, -0.2) is 4.98 Å². The highest BCUT2D eigenvalue weighted by molar-refractivity contribution is 7.14. The van der Waals surface area contributed by atoms with Crippen LogP contribution in [0.5, 0.6) is 11.5 Å². The van der Waals surface area contributed by atoms with Crippen LogP contribution >= 0.6 is 22.9 Å². The fourth-order valence-corrected chi connectivity index (χ4v) is 3.35. The number of nitrogens with one attached hydrogen (secondary N) is 1. The topological polar surface area (TPSA) is 55.7 Å². The number of anilines is 1. The smallest absolute Gasteiger partial charge is 0.203 e. The zero-order valence-electron chi connectivity index (χ0n) is 16.5. The third-order valence-corrected chi connectivity index (χ3v) is 5.04.